The van der Waals surface area contributed by atoms with E-state index in [2.05, 4.69) is 10.4 Å². The fourth-order valence-corrected chi connectivity index (χ4v) is 1.61. The molecule has 0 aliphatic heterocycles. The summed E-state index contributed by atoms with van der Waals surface area (Å²) in [6.07, 6.45) is -0.252. The van der Waals surface area contributed by atoms with Gasteiger partial charge in [0, 0.05) is 0 Å². The third-order valence-corrected chi connectivity index (χ3v) is 2.58. The molecule has 0 unspecified atom stereocenters. The van der Waals surface area contributed by atoms with Crippen molar-refractivity contribution in [2.24, 2.45) is 0 Å². The van der Waals surface area contributed by atoms with E-state index < -0.39 is 24.3 Å². The lowest BCUT2D eigenvalue weighted by Crippen LogP contribution is -2.15. The van der Waals surface area contributed by atoms with Gasteiger partial charge in [0.05, 0.1) is 11.9 Å². The second-order valence-corrected chi connectivity index (χ2v) is 4.14. The monoisotopic (exact) mass is 311 g/mol. The van der Waals surface area contributed by atoms with Crippen molar-refractivity contribution in [3.05, 3.63) is 47.8 Å². The molecule has 0 fully saturated rings. The smallest absolute Gasteiger partial charge is 0.412 e. The molecule has 1 aromatic heterocycles. The second-order valence-electron chi connectivity index (χ2n) is 4.14. The molecular formula is C13H11F2N3O4. The molecule has 0 radical (unpaired) electrons. The van der Waals surface area contributed by atoms with E-state index in [4.69, 9.17) is 9.84 Å². The number of carbonyl (C=O) groups is 2. The van der Waals surface area contributed by atoms with Crippen molar-refractivity contribution in [1.29, 1.82) is 0 Å². The fraction of sp³-hybridized carbons (Fsp3) is 0.154. The predicted molar refractivity (Wildman–Crippen MR) is 70.7 cm³/mol. The molecule has 2 rings (SSSR count). The van der Waals surface area contributed by atoms with Gasteiger partial charge in [-0.05, 0) is 5.56 Å². The Kier molecular flexibility index (Phi) is 4.66. The summed E-state index contributed by atoms with van der Waals surface area (Å²) in [4.78, 5) is 22.5. The molecule has 0 atom stereocenters. The molecule has 0 saturated carbocycles. The summed E-state index contributed by atoms with van der Waals surface area (Å²) in [7, 11) is 0. The van der Waals surface area contributed by atoms with Crippen molar-refractivity contribution in [2.45, 2.75) is 13.2 Å². The Bertz CT molecular complexity index is 673. The number of alkyl halides is 2. The average Bonchev–Trinajstić information content (AvgIpc) is 2.90. The SMILES string of the molecule is O=C(Nc1cn(C(F)F)nc1C(=O)O)OCc1ccccc1. The summed E-state index contributed by atoms with van der Waals surface area (Å²) in [5, 5.41) is 14.1. The van der Waals surface area contributed by atoms with E-state index in [-0.39, 0.29) is 17.0 Å². The van der Waals surface area contributed by atoms with Crippen LogP contribution in [0.1, 0.15) is 22.6 Å². The van der Waals surface area contributed by atoms with Gasteiger partial charge in [-0.25, -0.2) is 14.3 Å². The lowest BCUT2D eigenvalue weighted by molar-refractivity contribution is 0.0545. The van der Waals surface area contributed by atoms with Gasteiger partial charge in [0.2, 0.25) is 0 Å². The van der Waals surface area contributed by atoms with Crippen molar-refractivity contribution in [3.63, 3.8) is 0 Å². The summed E-state index contributed by atoms with van der Waals surface area (Å²) in [5.41, 5.74) is -0.345. The van der Waals surface area contributed by atoms with Crippen LogP contribution in [0.25, 0.3) is 0 Å². The molecule has 9 heteroatoms. The quantitative estimate of drug-likeness (QED) is 0.885. The van der Waals surface area contributed by atoms with E-state index in [1.165, 1.54) is 0 Å². The molecule has 0 saturated heterocycles. The molecule has 1 amide bonds. The van der Waals surface area contributed by atoms with Crippen molar-refractivity contribution in [3.8, 4) is 0 Å². The largest absolute Gasteiger partial charge is 0.476 e. The molecule has 0 aliphatic carbocycles. The number of rotatable bonds is 5. The van der Waals surface area contributed by atoms with Crippen LogP contribution in [0.4, 0.5) is 19.3 Å². The van der Waals surface area contributed by atoms with Crippen LogP contribution in [-0.4, -0.2) is 26.9 Å². The fourth-order valence-electron chi connectivity index (χ4n) is 1.61. The molecule has 2 aromatic rings. The number of ether oxygens (including phenoxy) is 1. The minimum atomic E-state index is -3.02. The number of hydrogen-bond donors (Lipinski definition) is 2. The number of aromatic carboxylic acids is 1. The van der Waals surface area contributed by atoms with E-state index in [9.17, 15) is 18.4 Å². The van der Waals surface area contributed by atoms with Crippen LogP contribution in [0.3, 0.4) is 0 Å². The molecule has 1 heterocycles. The standard InChI is InChI=1S/C13H11F2N3O4/c14-12(15)18-6-9(10(17-18)11(19)20)16-13(21)22-7-8-4-2-1-3-5-8/h1-6,12H,7H2,(H,16,21)(H,19,20). The van der Waals surface area contributed by atoms with Crippen molar-refractivity contribution in [2.75, 3.05) is 5.32 Å². The second kappa shape index (κ2) is 6.66. The Morgan fingerprint density at radius 3 is 2.59 bits per heavy atom. The first-order chi connectivity index (χ1) is 10.5. The Labute approximate surface area is 123 Å². The van der Waals surface area contributed by atoms with Gasteiger partial charge >= 0.3 is 18.6 Å². The molecule has 1 aromatic carbocycles. The van der Waals surface area contributed by atoms with Gasteiger partial charge in [0.15, 0.2) is 5.69 Å². The number of halogens is 2. The van der Waals surface area contributed by atoms with Gasteiger partial charge in [0.1, 0.15) is 6.61 Å². The zero-order chi connectivity index (χ0) is 16.1. The van der Waals surface area contributed by atoms with Gasteiger partial charge in [0.25, 0.3) is 0 Å². The number of benzene rings is 1. The minimum absolute atomic E-state index is 0.0436. The lowest BCUT2D eigenvalue weighted by Gasteiger charge is -2.05. The number of anilines is 1. The highest BCUT2D eigenvalue weighted by molar-refractivity contribution is 5.96. The van der Waals surface area contributed by atoms with E-state index in [1.54, 1.807) is 30.3 Å². The van der Waals surface area contributed by atoms with Crippen molar-refractivity contribution in [1.82, 2.24) is 9.78 Å². The van der Waals surface area contributed by atoms with Gasteiger partial charge in [-0.3, -0.25) is 5.32 Å². The van der Waals surface area contributed by atoms with Crippen LogP contribution in [0.2, 0.25) is 0 Å². The Hall–Kier alpha value is -2.97. The molecule has 0 bridgehead atoms. The molecule has 0 spiro atoms. The first-order valence-electron chi connectivity index (χ1n) is 6.05. The highest BCUT2D eigenvalue weighted by Crippen LogP contribution is 2.19. The van der Waals surface area contributed by atoms with Gasteiger partial charge in [-0.15, -0.1) is 0 Å². The van der Waals surface area contributed by atoms with E-state index >= 15 is 0 Å². The summed E-state index contributed by atoms with van der Waals surface area (Å²) >= 11 is 0. The minimum Gasteiger partial charge on any atom is -0.476 e. The summed E-state index contributed by atoms with van der Waals surface area (Å²) in [5.74, 6) is -1.54. The van der Waals surface area contributed by atoms with Gasteiger partial charge in [-0.1, -0.05) is 30.3 Å². The first kappa shape index (κ1) is 15.4. The molecule has 0 aliphatic rings. The zero-order valence-electron chi connectivity index (χ0n) is 11.1. The molecule has 22 heavy (non-hydrogen) atoms. The number of amides is 1. The van der Waals surface area contributed by atoms with Crippen LogP contribution in [0.5, 0.6) is 0 Å². The number of nitrogens with zero attached hydrogens (tertiary/aromatic N) is 2. The van der Waals surface area contributed by atoms with E-state index in [0.717, 1.165) is 11.8 Å². The number of carbonyl (C=O) groups excluding carboxylic acids is 1. The molecule has 2 N–H and O–H groups in total. The van der Waals surface area contributed by atoms with Crippen molar-refractivity contribution < 1.29 is 28.2 Å². The maximum absolute atomic E-state index is 12.5. The third kappa shape index (κ3) is 3.78. The summed E-state index contributed by atoms with van der Waals surface area (Å²) < 4.78 is 30.0. The predicted octanol–water partition coefficient (Wildman–Crippen LogP) is 2.73. The van der Waals surface area contributed by atoms with Crippen LogP contribution in [0.15, 0.2) is 36.5 Å². The highest BCUT2D eigenvalue weighted by atomic mass is 19.3. The number of carboxylic acids is 1. The van der Waals surface area contributed by atoms with Gasteiger partial charge in [-0.2, -0.15) is 13.9 Å². The van der Waals surface area contributed by atoms with E-state index in [1.807, 2.05) is 0 Å². The Morgan fingerprint density at radius 1 is 1.32 bits per heavy atom. The summed E-state index contributed by atoms with van der Waals surface area (Å²) in [6.45, 7) is -3.06. The number of carboxylic acid groups (broad SMARTS) is 1. The molecule has 116 valence electrons. The Balaban J connectivity index is 2.03. The van der Waals surface area contributed by atoms with Crippen LogP contribution in [0, 0.1) is 0 Å². The number of hydrogen-bond acceptors (Lipinski definition) is 4. The van der Waals surface area contributed by atoms with Gasteiger partial charge < -0.3 is 9.84 Å². The van der Waals surface area contributed by atoms with Crippen LogP contribution < -0.4 is 5.32 Å². The van der Waals surface area contributed by atoms with Crippen LogP contribution >= 0.6 is 0 Å². The maximum Gasteiger partial charge on any atom is 0.412 e. The lowest BCUT2D eigenvalue weighted by atomic mass is 10.2. The third-order valence-electron chi connectivity index (χ3n) is 2.58. The maximum atomic E-state index is 12.5. The first-order valence-corrected chi connectivity index (χ1v) is 6.05. The molecule has 7 nitrogen and oxygen atoms in total. The summed E-state index contributed by atoms with van der Waals surface area (Å²) in [6, 6.07) is 8.76. The Morgan fingerprint density at radius 2 is 2.00 bits per heavy atom. The average molecular weight is 311 g/mol. The zero-order valence-corrected chi connectivity index (χ0v) is 11.1. The number of aromatic nitrogens is 2. The van der Waals surface area contributed by atoms with E-state index in [0.29, 0.717) is 0 Å². The normalized spacial score (nSPS) is 10.5. The molecular weight excluding hydrogens is 300 g/mol. The van der Waals surface area contributed by atoms with Crippen LogP contribution in [-0.2, 0) is 11.3 Å². The highest BCUT2D eigenvalue weighted by Gasteiger charge is 2.21. The topological polar surface area (TPSA) is 93.5 Å². The van der Waals surface area contributed by atoms with Crippen molar-refractivity contribution >= 4 is 17.7 Å². The number of nitrogens with one attached hydrogen (secondary N) is 1.